The topological polar surface area (TPSA) is 112 Å². The second kappa shape index (κ2) is 8.32. The first kappa shape index (κ1) is 22.3. The van der Waals surface area contributed by atoms with Crippen LogP contribution < -0.4 is 15.1 Å². The Morgan fingerprint density at radius 1 is 1.05 bits per heavy atom. The first-order chi connectivity index (χ1) is 18.5. The highest BCUT2D eigenvalue weighted by molar-refractivity contribution is 6.30. The molecular formula is C28H17ClN4O5. The van der Waals surface area contributed by atoms with Crippen LogP contribution in [0.15, 0.2) is 82.3 Å². The van der Waals surface area contributed by atoms with Crippen LogP contribution in [0.1, 0.15) is 22.6 Å². The molecule has 0 radical (unpaired) electrons. The number of halogens is 1. The summed E-state index contributed by atoms with van der Waals surface area (Å²) in [6, 6.07) is 19.3. The molecule has 38 heavy (non-hydrogen) atoms. The predicted octanol–water partition coefficient (Wildman–Crippen LogP) is 5.55. The smallest absolute Gasteiger partial charge is 0.344 e. The van der Waals surface area contributed by atoms with Crippen LogP contribution in [0, 0.1) is 0 Å². The van der Waals surface area contributed by atoms with Crippen LogP contribution in [0.3, 0.4) is 0 Å². The zero-order valence-corrected chi connectivity index (χ0v) is 20.5. The molecule has 0 aliphatic carbocycles. The van der Waals surface area contributed by atoms with Gasteiger partial charge in [-0.2, -0.15) is 0 Å². The SMILES string of the molecule is COc1ccc(-c2nc3c4c(ncn3n2)Oc2c(c(=O)oc3ccccc23)C4c2cccc(Cl)c2)cc1O. The van der Waals surface area contributed by atoms with Crippen molar-refractivity contribution in [3.63, 3.8) is 0 Å². The number of methoxy groups -OCH3 is 1. The Bertz CT molecular complexity index is 1970. The molecule has 0 saturated heterocycles. The van der Waals surface area contributed by atoms with Crippen molar-refractivity contribution in [3.05, 3.63) is 105 Å². The Hall–Kier alpha value is -4.89. The third-order valence-electron chi connectivity index (χ3n) is 6.58. The number of phenolic OH excluding ortho intramolecular Hbond substituents is 1. The molecule has 10 heteroatoms. The van der Waals surface area contributed by atoms with Gasteiger partial charge in [-0.25, -0.2) is 19.3 Å². The zero-order valence-electron chi connectivity index (χ0n) is 19.8. The molecule has 0 amide bonds. The van der Waals surface area contributed by atoms with E-state index in [4.69, 9.17) is 30.5 Å². The minimum Gasteiger partial charge on any atom is -0.504 e. The van der Waals surface area contributed by atoms with E-state index in [2.05, 4.69) is 10.1 Å². The van der Waals surface area contributed by atoms with Crippen molar-refractivity contribution in [1.29, 1.82) is 0 Å². The number of para-hydroxylation sites is 1. The molecule has 1 N–H and O–H groups in total. The number of fused-ring (bicyclic) bond motifs is 6. The minimum absolute atomic E-state index is 0.0393. The lowest BCUT2D eigenvalue weighted by Gasteiger charge is -2.27. The summed E-state index contributed by atoms with van der Waals surface area (Å²) in [7, 11) is 1.48. The Morgan fingerprint density at radius 3 is 2.74 bits per heavy atom. The lowest BCUT2D eigenvalue weighted by atomic mass is 9.84. The number of rotatable bonds is 3. The van der Waals surface area contributed by atoms with E-state index in [0.717, 1.165) is 5.56 Å². The van der Waals surface area contributed by atoms with E-state index in [9.17, 15) is 9.90 Å². The number of ether oxygens (including phenoxy) is 2. The second-order valence-electron chi connectivity index (χ2n) is 8.77. The summed E-state index contributed by atoms with van der Waals surface area (Å²) in [5.74, 6) is 0.669. The van der Waals surface area contributed by atoms with E-state index >= 15 is 0 Å². The molecule has 7 rings (SSSR count). The number of aromatic nitrogens is 4. The fourth-order valence-corrected chi connectivity index (χ4v) is 5.10. The van der Waals surface area contributed by atoms with Gasteiger partial charge in [-0.15, -0.1) is 5.10 Å². The average molecular weight is 525 g/mol. The summed E-state index contributed by atoms with van der Waals surface area (Å²) in [6.07, 6.45) is 1.50. The summed E-state index contributed by atoms with van der Waals surface area (Å²) in [4.78, 5) is 22.7. The van der Waals surface area contributed by atoms with Crippen LogP contribution >= 0.6 is 11.6 Å². The molecule has 1 aliphatic rings. The van der Waals surface area contributed by atoms with Gasteiger partial charge in [0.15, 0.2) is 28.7 Å². The molecule has 4 heterocycles. The van der Waals surface area contributed by atoms with E-state index in [-0.39, 0.29) is 5.75 Å². The first-order valence-electron chi connectivity index (χ1n) is 11.6. The monoisotopic (exact) mass is 524 g/mol. The van der Waals surface area contributed by atoms with Gasteiger partial charge in [0, 0.05) is 10.6 Å². The normalized spacial score (nSPS) is 14.2. The average Bonchev–Trinajstić information content (AvgIpc) is 3.37. The Labute approximate surface area is 219 Å². The standard InChI is InChI=1S/C28H17ClN4O5/c1-36-20-10-9-15(12-18(20)34)25-31-26-23-21(14-5-4-6-16(29)11-14)22-24(38-27(23)30-13-33(26)32-25)17-7-2-3-8-19(17)37-28(22)35/h2-13,21,34H,1H3. The third kappa shape index (κ3) is 3.32. The van der Waals surface area contributed by atoms with Crippen molar-refractivity contribution in [2.45, 2.75) is 5.92 Å². The van der Waals surface area contributed by atoms with Crippen molar-refractivity contribution >= 4 is 28.2 Å². The van der Waals surface area contributed by atoms with Crippen molar-refractivity contribution in [1.82, 2.24) is 19.6 Å². The van der Waals surface area contributed by atoms with Gasteiger partial charge >= 0.3 is 5.63 Å². The number of aromatic hydroxyl groups is 1. The molecule has 6 aromatic rings. The Kier molecular flexibility index (Phi) is 4.89. The van der Waals surface area contributed by atoms with Gasteiger partial charge < -0.3 is 19.0 Å². The number of hydrogen-bond acceptors (Lipinski definition) is 8. The summed E-state index contributed by atoms with van der Waals surface area (Å²) < 4.78 is 18.7. The van der Waals surface area contributed by atoms with Crippen molar-refractivity contribution in [3.8, 4) is 34.5 Å². The molecule has 3 aromatic carbocycles. The molecule has 3 aromatic heterocycles. The number of benzene rings is 3. The van der Waals surface area contributed by atoms with Gasteiger partial charge in [0.2, 0.25) is 5.88 Å². The van der Waals surface area contributed by atoms with Crippen LogP contribution in [0.4, 0.5) is 0 Å². The van der Waals surface area contributed by atoms with E-state index < -0.39 is 11.5 Å². The van der Waals surface area contributed by atoms with Crippen molar-refractivity contribution in [2.75, 3.05) is 7.11 Å². The maximum absolute atomic E-state index is 13.4. The highest BCUT2D eigenvalue weighted by atomic mass is 35.5. The molecule has 0 bridgehead atoms. The number of phenols is 1. The Balaban J connectivity index is 1.52. The van der Waals surface area contributed by atoms with E-state index in [1.165, 1.54) is 24.0 Å². The summed E-state index contributed by atoms with van der Waals surface area (Å²) in [5, 5.41) is 16.0. The molecule has 0 saturated carbocycles. The van der Waals surface area contributed by atoms with Gasteiger partial charge in [-0.1, -0.05) is 35.9 Å². The Morgan fingerprint density at radius 2 is 1.92 bits per heavy atom. The first-order valence-corrected chi connectivity index (χ1v) is 12.0. The van der Waals surface area contributed by atoms with Crippen molar-refractivity contribution < 1.29 is 19.0 Å². The lowest BCUT2D eigenvalue weighted by molar-refractivity contribution is 0.373. The molecule has 1 atom stereocenters. The quantitative estimate of drug-likeness (QED) is 0.299. The van der Waals surface area contributed by atoms with Crippen LogP contribution in [-0.4, -0.2) is 31.8 Å². The van der Waals surface area contributed by atoms with Gasteiger partial charge in [-0.05, 0) is 48.0 Å². The lowest BCUT2D eigenvalue weighted by Crippen LogP contribution is -2.22. The zero-order chi connectivity index (χ0) is 26.0. The van der Waals surface area contributed by atoms with Gasteiger partial charge in [0.05, 0.1) is 29.5 Å². The van der Waals surface area contributed by atoms with Gasteiger partial charge in [0.1, 0.15) is 11.9 Å². The van der Waals surface area contributed by atoms with Crippen LogP contribution in [0.2, 0.25) is 5.02 Å². The maximum Gasteiger partial charge on any atom is 0.344 e. The molecule has 0 spiro atoms. The predicted molar refractivity (Wildman–Crippen MR) is 139 cm³/mol. The van der Waals surface area contributed by atoms with E-state index in [1.807, 2.05) is 24.3 Å². The van der Waals surface area contributed by atoms with Gasteiger partial charge in [0.25, 0.3) is 0 Å². The molecule has 9 nitrogen and oxygen atoms in total. The molecule has 0 fully saturated rings. The number of hydrogen-bond donors (Lipinski definition) is 1. The van der Waals surface area contributed by atoms with Gasteiger partial charge in [-0.3, -0.25) is 0 Å². The summed E-state index contributed by atoms with van der Waals surface area (Å²) in [5.41, 5.74) is 2.49. The fraction of sp³-hybridized carbons (Fsp3) is 0.0714. The molecule has 1 unspecified atom stereocenters. The van der Waals surface area contributed by atoms with Crippen LogP contribution in [0.25, 0.3) is 28.0 Å². The summed E-state index contributed by atoms with van der Waals surface area (Å²) >= 11 is 6.38. The molecule has 186 valence electrons. The van der Waals surface area contributed by atoms with E-state index in [1.54, 1.807) is 36.4 Å². The highest BCUT2D eigenvalue weighted by Gasteiger charge is 2.37. The number of nitrogens with zero attached hydrogens (tertiary/aromatic N) is 4. The largest absolute Gasteiger partial charge is 0.504 e. The maximum atomic E-state index is 13.4. The molecule has 1 aliphatic heterocycles. The molecular weight excluding hydrogens is 508 g/mol. The minimum atomic E-state index is -0.647. The highest BCUT2D eigenvalue weighted by Crippen LogP contribution is 2.49. The van der Waals surface area contributed by atoms with Crippen LogP contribution in [0.5, 0.6) is 23.1 Å². The fourth-order valence-electron chi connectivity index (χ4n) is 4.90. The van der Waals surface area contributed by atoms with Crippen LogP contribution in [-0.2, 0) is 0 Å². The summed E-state index contributed by atoms with van der Waals surface area (Å²) in [6.45, 7) is 0. The third-order valence-corrected chi connectivity index (χ3v) is 6.82. The van der Waals surface area contributed by atoms with E-state index in [0.29, 0.717) is 61.5 Å². The van der Waals surface area contributed by atoms with Crippen molar-refractivity contribution in [2.24, 2.45) is 0 Å². The second-order valence-corrected chi connectivity index (χ2v) is 9.21.